The van der Waals surface area contributed by atoms with Crippen molar-refractivity contribution in [3.05, 3.63) is 70.7 Å². The van der Waals surface area contributed by atoms with E-state index in [1.807, 2.05) is 30.3 Å². The number of benzene rings is 2. The van der Waals surface area contributed by atoms with E-state index in [2.05, 4.69) is 22.5 Å². The highest BCUT2D eigenvalue weighted by Crippen LogP contribution is 2.26. The van der Waals surface area contributed by atoms with Crippen LogP contribution in [0.2, 0.25) is 0 Å². The maximum absolute atomic E-state index is 10.9. The lowest BCUT2D eigenvalue weighted by molar-refractivity contribution is 0.0696. The Morgan fingerprint density at radius 3 is 2.48 bits per heavy atom. The van der Waals surface area contributed by atoms with Crippen molar-refractivity contribution >= 4 is 21.9 Å². The van der Waals surface area contributed by atoms with Gasteiger partial charge in [0.15, 0.2) is 0 Å². The minimum absolute atomic E-state index is 0.207. The standard InChI is InChI=1S/C18H17BrO4/c1-2-5-13-6-3-4-7-16(13)22-10-11-23-17-9-8-14(18(20)21)12-15(17)19/h2-4,6-9,12H,1,5,10-11H2,(H,20,21). The van der Waals surface area contributed by atoms with E-state index in [-0.39, 0.29) is 5.56 Å². The quantitative estimate of drug-likeness (QED) is 0.550. The van der Waals surface area contributed by atoms with E-state index in [1.54, 1.807) is 6.07 Å². The van der Waals surface area contributed by atoms with Gasteiger partial charge in [0, 0.05) is 0 Å². The summed E-state index contributed by atoms with van der Waals surface area (Å²) in [6, 6.07) is 12.4. The van der Waals surface area contributed by atoms with Gasteiger partial charge < -0.3 is 14.6 Å². The van der Waals surface area contributed by atoms with Crippen molar-refractivity contribution in [2.75, 3.05) is 13.2 Å². The van der Waals surface area contributed by atoms with Crippen LogP contribution in [-0.2, 0) is 6.42 Å². The van der Waals surface area contributed by atoms with E-state index in [9.17, 15) is 4.79 Å². The summed E-state index contributed by atoms with van der Waals surface area (Å²) >= 11 is 3.30. The maximum Gasteiger partial charge on any atom is 0.335 e. The third-order valence-electron chi connectivity index (χ3n) is 3.11. The van der Waals surface area contributed by atoms with Gasteiger partial charge in [-0.3, -0.25) is 0 Å². The van der Waals surface area contributed by atoms with Crippen LogP contribution in [0.25, 0.3) is 0 Å². The second-order valence-corrected chi connectivity index (χ2v) is 5.60. The number of allylic oxidation sites excluding steroid dienone is 1. The van der Waals surface area contributed by atoms with E-state index in [4.69, 9.17) is 14.6 Å². The van der Waals surface area contributed by atoms with Crippen LogP contribution in [0.15, 0.2) is 59.6 Å². The first-order valence-electron chi connectivity index (χ1n) is 7.09. The molecule has 0 aliphatic rings. The molecule has 2 aromatic rings. The number of carboxylic acid groups (broad SMARTS) is 1. The molecule has 1 N–H and O–H groups in total. The Labute approximate surface area is 143 Å². The lowest BCUT2D eigenvalue weighted by Gasteiger charge is -2.12. The molecule has 120 valence electrons. The molecule has 0 heterocycles. The van der Waals surface area contributed by atoms with Crippen molar-refractivity contribution in [3.8, 4) is 11.5 Å². The van der Waals surface area contributed by atoms with E-state index in [0.29, 0.717) is 23.4 Å². The minimum atomic E-state index is -0.973. The molecule has 0 unspecified atom stereocenters. The van der Waals surface area contributed by atoms with Crippen molar-refractivity contribution in [1.82, 2.24) is 0 Å². The predicted octanol–water partition coefficient (Wildman–Crippen LogP) is 4.33. The molecular weight excluding hydrogens is 360 g/mol. The van der Waals surface area contributed by atoms with Crippen molar-refractivity contribution in [2.24, 2.45) is 0 Å². The van der Waals surface area contributed by atoms with Gasteiger partial charge in [0.25, 0.3) is 0 Å². The van der Waals surface area contributed by atoms with Crippen LogP contribution in [0.5, 0.6) is 11.5 Å². The first-order valence-corrected chi connectivity index (χ1v) is 7.88. The molecule has 0 aliphatic heterocycles. The smallest absolute Gasteiger partial charge is 0.335 e. The zero-order valence-corrected chi connectivity index (χ0v) is 14.1. The largest absolute Gasteiger partial charge is 0.490 e. The molecule has 2 rings (SSSR count). The molecule has 0 bridgehead atoms. The first-order chi connectivity index (χ1) is 11.1. The third-order valence-corrected chi connectivity index (χ3v) is 3.73. The number of aromatic carboxylic acids is 1. The van der Waals surface area contributed by atoms with E-state index in [1.165, 1.54) is 12.1 Å². The summed E-state index contributed by atoms with van der Waals surface area (Å²) in [6.07, 6.45) is 2.58. The van der Waals surface area contributed by atoms with E-state index in [0.717, 1.165) is 17.7 Å². The molecule has 0 saturated carbocycles. The van der Waals surface area contributed by atoms with Crippen LogP contribution in [0, 0.1) is 0 Å². The number of ether oxygens (including phenoxy) is 2. The Morgan fingerprint density at radius 1 is 1.13 bits per heavy atom. The summed E-state index contributed by atoms with van der Waals surface area (Å²) in [5.41, 5.74) is 1.29. The van der Waals surface area contributed by atoms with Crippen molar-refractivity contribution in [3.63, 3.8) is 0 Å². The Hall–Kier alpha value is -2.27. The predicted molar refractivity (Wildman–Crippen MR) is 92.4 cm³/mol. The number of carbonyl (C=O) groups is 1. The van der Waals surface area contributed by atoms with Crippen LogP contribution >= 0.6 is 15.9 Å². The Balaban J connectivity index is 1.88. The van der Waals surface area contributed by atoms with Crippen molar-refractivity contribution in [2.45, 2.75) is 6.42 Å². The third kappa shape index (κ3) is 4.86. The molecule has 0 aliphatic carbocycles. The number of para-hydroxylation sites is 1. The Morgan fingerprint density at radius 2 is 1.83 bits per heavy atom. The van der Waals surface area contributed by atoms with Crippen LogP contribution in [0.1, 0.15) is 15.9 Å². The van der Waals surface area contributed by atoms with Gasteiger partial charge in [-0.1, -0.05) is 24.3 Å². The molecule has 0 spiro atoms. The number of halogens is 1. The van der Waals surface area contributed by atoms with Crippen LogP contribution in [0.4, 0.5) is 0 Å². The molecule has 0 amide bonds. The highest BCUT2D eigenvalue weighted by molar-refractivity contribution is 9.10. The fourth-order valence-electron chi connectivity index (χ4n) is 2.02. The molecule has 0 atom stereocenters. The average Bonchev–Trinajstić information content (AvgIpc) is 2.54. The zero-order chi connectivity index (χ0) is 16.7. The van der Waals surface area contributed by atoms with Crippen molar-refractivity contribution in [1.29, 1.82) is 0 Å². The summed E-state index contributed by atoms with van der Waals surface area (Å²) < 4.78 is 11.9. The Bertz CT molecular complexity index is 697. The van der Waals surface area contributed by atoms with Gasteiger partial charge in [-0.05, 0) is 52.2 Å². The van der Waals surface area contributed by atoms with Crippen LogP contribution < -0.4 is 9.47 Å². The summed E-state index contributed by atoms with van der Waals surface area (Å²) in [5, 5.41) is 8.92. The van der Waals surface area contributed by atoms with Gasteiger partial charge in [-0.2, -0.15) is 0 Å². The Kier molecular flexibility index (Phi) is 6.23. The van der Waals surface area contributed by atoms with Gasteiger partial charge in [0.1, 0.15) is 24.7 Å². The molecular formula is C18H17BrO4. The maximum atomic E-state index is 10.9. The molecule has 0 radical (unpaired) electrons. The number of rotatable bonds is 8. The molecule has 4 nitrogen and oxygen atoms in total. The van der Waals surface area contributed by atoms with Gasteiger partial charge in [-0.25, -0.2) is 4.79 Å². The minimum Gasteiger partial charge on any atom is -0.490 e. The van der Waals surface area contributed by atoms with E-state index >= 15 is 0 Å². The zero-order valence-electron chi connectivity index (χ0n) is 12.5. The molecule has 0 aromatic heterocycles. The average molecular weight is 377 g/mol. The van der Waals surface area contributed by atoms with E-state index < -0.39 is 5.97 Å². The fraction of sp³-hybridized carbons (Fsp3) is 0.167. The SMILES string of the molecule is C=CCc1ccccc1OCCOc1ccc(C(=O)O)cc1Br. The number of hydrogen-bond donors (Lipinski definition) is 1. The molecule has 0 fully saturated rings. The highest BCUT2D eigenvalue weighted by atomic mass is 79.9. The molecule has 23 heavy (non-hydrogen) atoms. The highest BCUT2D eigenvalue weighted by Gasteiger charge is 2.08. The van der Waals surface area contributed by atoms with Crippen LogP contribution in [-0.4, -0.2) is 24.3 Å². The normalized spacial score (nSPS) is 10.1. The molecule has 0 saturated heterocycles. The van der Waals surface area contributed by atoms with Gasteiger partial charge in [0.05, 0.1) is 10.0 Å². The van der Waals surface area contributed by atoms with Gasteiger partial charge in [0.2, 0.25) is 0 Å². The topological polar surface area (TPSA) is 55.8 Å². The molecule has 2 aromatic carbocycles. The summed E-state index contributed by atoms with van der Waals surface area (Å²) in [4.78, 5) is 10.9. The van der Waals surface area contributed by atoms with Gasteiger partial charge in [-0.15, -0.1) is 6.58 Å². The summed E-state index contributed by atoms with van der Waals surface area (Å²) in [6.45, 7) is 4.48. The number of carboxylic acids is 1. The van der Waals surface area contributed by atoms with Crippen molar-refractivity contribution < 1.29 is 19.4 Å². The summed E-state index contributed by atoms with van der Waals surface area (Å²) in [7, 11) is 0. The number of hydrogen-bond acceptors (Lipinski definition) is 3. The van der Waals surface area contributed by atoms with Crippen LogP contribution in [0.3, 0.4) is 0 Å². The fourth-order valence-corrected chi connectivity index (χ4v) is 2.52. The lowest BCUT2D eigenvalue weighted by atomic mass is 10.1. The second kappa shape index (κ2) is 8.39. The van der Waals surface area contributed by atoms with Gasteiger partial charge >= 0.3 is 5.97 Å². The monoisotopic (exact) mass is 376 g/mol. The lowest BCUT2D eigenvalue weighted by Crippen LogP contribution is -2.10. The first kappa shape index (κ1) is 17.1. The second-order valence-electron chi connectivity index (χ2n) is 4.75. The molecule has 5 heteroatoms. The summed E-state index contributed by atoms with van der Waals surface area (Å²) in [5.74, 6) is 0.425.